The minimum Gasteiger partial charge on any atom is -0.474 e. The molecule has 7 heteroatoms. The van der Waals surface area contributed by atoms with Crippen molar-refractivity contribution in [3.8, 4) is 5.88 Å². The second-order valence-electron chi connectivity index (χ2n) is 6.40. The Hall–Kier alpha value is -2.96. The van der Waals surface area contributed by atoms with Crippen molar-refractivity contribution in [1.82, 2.24) is 19.8 Å². The van der Waals surface area contributed by atoms with E-state index in [4.69, 9.17) is 4.74 Å². The summed E-state index contributed by atoms with van der Waals surface area (Å²) in [6.07, 6.45) is 6.18. The van der Waals surface area contributed by atoms with Gasteiger partial charge >= 0.3 is 0 Å². The van der Waals surface area contributed by atoms with E-state index in [0.717, 1.165) is 0 Å². The molecule has 26 heavy (non-hydrogen) atoms. The number of pyridine rings is 2. The van der Waals surface area contributed by atoms with Crippen LogP contribution in [0.3, 0.4) is 0 Å². The summed E-state index contributed by atoms with van der Waals surface area (Å²) in [6, 6.07) is 6.88. The molecule has 0 aromatic carbocycles. The monoisotopic (exact) mass is 354 g/mol. The summed E-state index contributed by atoms with van der Waals surface area (Å²) in [4.78, 5) is 36.2. The van der Waals surface area contributed by atoms with E-state index < -0.39 is 0 Å². The lowest BCUT2D eigenvalue weighted by Gasteiger charge is -2.32. The number of rotatable bonds is 4. The van der Waals surface area contributed by atoms with E-state index in [0.29, 0.717) is 42.9 Å². The number of hydrogen-bond acceptors (Lipinski definition) is 5. The Morgan fingerprint density at radius 3 is 2.46 bits per heavy atom. The predicted molar refractivity (Wildman–Crippen MR) is 96.0 cm³/mol. The number of amides is 2. The summed E-state index contributed by atoms with van der Waals surface area (Å²) in [5.41, 5.74) is 1.09. The first-order valence-corrected chi connectivity index (χ1v) is 8.59. The van der Waals surface area contributed by atoms with E-state index in [2.05, 4.69) is 9.97 Å². The molecule has 0 saturated carbocycles. The minimum atomic E-state index is -0.140. The van der Waals surface area contributed by atoms with E-state index in [1.54, 1.807) is 57.0 Å². The lowest BCUT2D eigenvalue weighted by molar-refractivity contribution is 0.0583. The molecule has 0 spiro atoms. The van der Waals surface area contributed by atoms with Crippen LogP contribution in [0.2, 0.25) is 0 Å². The van der Waals surface area contributed by atoms with Gasteiger partial charge in [0.25, 0.3) is 11.8 Å². The van der Waals surface area contributed by atoms with Crippen LogP contribution >= 0.6 is 0 Å². The molecule has 1 aliphatic heterocycles. The van der Waals surface area contributed by atoms with Crippen LogP contribution in [0.4, 0.5) is 0 Å². The average Bonchev–Trinajstić information content (AvgIpc) is 2.68. The number of nitrogens with zero attached hydrogens (tertiary/aromatic N) is 4. The summed E-state index contributed by atoms with van der Waals surface area (Å²) in [5.74, 6) is 0.218. The predicted octanol–water partition coefficient (Wildman–Crippen LogP) is 1.86. The van der Waals surface area contributed by atoms with Gasteiger partial charge in [-0.05, 0) is 24.3 Å². The molecule has 7 nitrogen and oxygen atoms in total. The summed E-state index contributed by atoms with van der Waals surface area (Å²) in [6.45, 7) is 1.21. The SMILES string of the molecule is CN(C)C(=O)c1cccnc1OC1CCN(C(=O)c2ccncc2)CC1. The number of carbonyl (C=O) groups is 2. The molecular weight excluding hydrogens is 332 g/mol. The Labute approximate surface area is 152 Å². The van der Waals surface area contributed by atoms with Crippen molar-refractivity contribution in [3.05, 3.63) is 54.0 Å². The third-order valence-electron chi connectivity index (χ3n) is 4.34. The zero-order valence-electron chi connectivity index (χ0n) is 15.0. The summed E-state index contributed by atoms with van der Waals surface area (Å²) in [7, 11) is 3.39. The molecule has 3 rings (SSSR count). The highest BCUT2D eigenvalue weighted by Gasteiger charge is 2.26. The van der Waals surface area contributed by atoms with Crippen LogP contribution in [0, 0.1) is 0 Å². The Kier molecular flexibility index (Phi) is 5.46. The number of carbonyl (C=O) groups excluding carboxylic acids is 2. The third-order valence-corrected chi connectivity index (χ3v) is 4.34. The van der Waals surface area contributed by atoms with Crippen LogP contribution in [0.15, 0.2) is 42.9 Å². The van der Waals surface area contributed by atoms with Crippen LogP contribution in [-0.2, 0) is 0 Å². The van der Waals surface area contributed by atoms with Crippen LogP contribution in [0.25, 0.3) is 0 Å². The number of piperidine rings is 1. The second-order valence-corrected chi connectivity index (χ2v) is 6.40. The van der Waals surface area contributed by atoms with Crippen molar-refractivity contribution >= 4 is 11.8 Å². The van der Waals surface area contributed by atoms with Gasteiger partial charge in [-0.1, -0.05) is 0 Å². The van der Waals surface area contributed by atoms with Gasteiger partial charge in [0.15, 0.2) is 0 Å². The first-order valence-electron chi connectivity index (χ1n) is 8.59. The van der Waals surface area contributed by atoms with E-state index in [1.165, 1.54) is 4.90 Å². The molecule has 3 heterocycles. The Morgan fingerprint density at radius 2 is 1.81 bits per heavy atom. The number of likely N-dealkylation sites (tertiary alicyclic amines) is 1. The molecule has 2 aromatic heterocycles. The summed E-state index contributed by atoms with van der Waals surface area (Å²) in [5, 5.41) is 0. The summed E-state index contributed by atoms with van der Waals surface area (Å²) >= 11 is 0. The van der Waals surface area contributed by atoms with Gasteiger partial charge in [0.05, 0.1) is 0 Å². The highest BCUT2D eigenvalue weighted by Crippen LogP contribution is 2.22. The van der Waals surface area contributed by atoms with Crippen molar-refractivity contribution < 1.29 is 14.3 Å². The molecule has 0 atom stereocenters. The first-order chi connectivity index (χ1) is 12.6. The minimum absolute atomic E-state index is 0.00663. The quantitative estimate of drug-likeness (QED) is 0.838. The van der Waals surface area contributed by atoms with Gasteiger partial charge in [-0.3, -0.25) is 14.6 Å². The fourth-order valence-corrected chi connectivity index (χ4v) is 2.90. The standard InChI is InChI=1S/C19H22N4O3/c1-22(2)19(25)16-4-3-9-21-17(16)26-15-7-12-23(13-8-15)18(24)14-5-10-20-11-6-14/h3-6,9-11,15H,7-8,12-13H2,1-2H3. The number of aromatic nitrogens is 2. The van der Waals surface area contributed by atoms with Crippen LogP contribution in [0.1, 0.15) is 33.6 Å². The van der Waals surface area contributed by atoms with Crippen molar-refractivity contribution in [2.75, 3.05) is 27.2 Å². The molecular formula is C19H22N4O3. The molecule has 1 fully saturated rings. The molecule has 1 aliphatic rings. The van der Waals surface area contributed by atoms with Gasteiger partial charge in [-0.15, -0.1) is 0 Å². The maximum absolute atomic E-state index is 12.5. The molecule has 1 saturated heterocycles. The maximum Gasteiger partial charge on any atom is 0.258 e. The normalized spacial score (nSPS) is 14.8. The van der Waals surface area contributed by atoms with Crippen LogP contribution in [-0.4, -0.2) is 64.9 Å². The Bertz CT molecular complexity index is 771. The van der Waals surface area contributed by atoms with Gasteiger partial charge in [-0.25, -0.2) is 4.98 Å². The van der Waals surface area contributed by atoms with E-state index in [-0.39, 0.29) is 17.9 Å². The summed E-state index contributed by atoms with van der Waals surface area (Å²) < 4.78 is 5.98. The van der Waals surface area contributed by atoms with Gasteiger partial charge in [-0.2, -0.15) is 0 Å². The smallest absolute Gasteiger partial charge is 0.258 e. The van der Waals surface area contributed by atoms with Crippen molar-refractivity contribution in [2.24, 2.45) is 0 Å². The molecule has 0 radical (unpaired) electrons. The molecule has 136 valence electrons. The average molecular weight is 354 g/mol. The molecule has 0 bridgehead atoms. The van der Waals surface area contributed by atoms with Crippen molar-refractivity contribution in [1.29, 1.82) is 0 Å². The van der Waals surface area contributed by atoms with E-state index >= 15 is 0 Å². The van der Waals surface area contributed by atoms with Crippen LogP contribution < -0.4 is 4.74 Å². The van der Waals surface area contributed by atoms with Gasteiger partial charge in [0, 0.05) is 64.2 Å². The Morgan fingerprint density at radius 1 is 1.12 bits per heavy atom. The second kappa shape index (κ2) is 7.95. The lowest BCUT2D eigenvalue weighted by atomic mass is 10.1. The maximum atomic E-state index is 12.5. The Balaban J connectivity index is 1.61. The highest BCUT2D eigenvalue weighted by molar-refractivity contribution is 5.96. The largest absolute Gasteiger partial charge is 0.474 e. The van der Waals surface area contributed by atoms with Crippen molar-refractivity contribution in [3.63, 3.8) is 0 Å². The highest BCUT2D eigenvalue weighted by atomic mass is 16.5. The van der Waals surface area contributed by atoms with Crippen LogP contribution in [0.5, 0.6) is 5.88 Å². The van der Waals surface area contributed by atoms with Gasteiger partial charge in [0.2, 0.25) is 5.88 Å². The van der Waals surface area contributed by atoms with Crippen molar-refractivity contribution in [2.45, 2.75) is 18.9 Å². The zero-order chi connectivity index (χ0) is 18.5. The molecule has 0 unspecified atom stereocenters. The van der Waals surface area contributed by atoms with E-state index in [9.17, 15) is 9.59 Å². The van der Waals surface area contributed by atoms with Gasteiger partial charge in [0.1, 0.15) is 11.7 Å². The lowest BCUT2D eigenvalue weighted by Crippen LogP contribution is -2.42. The first kappa shape index (κ1) is 17.8. The molecule has 2 aromatic rings. The third kappa shape index (κ3) is 3.99. The fraction of sp³-hybridized carbons (Fsp3) is 0.368. The fourth-order valence-electron chi connectivity index (χ4n) is 2.90. The number of hydrogen-bond donors (Lipinski definition) is 0. The zero-order valence-corrected chi connectivity index (χ0v) is 15.0. The molecule has 0 N–H and O–H groups in total. The number of ether oxygens (including phenoxy) is 1. The van der Waals surface area contributed by atoms with E-state index in [1.807, 2.05) is 4.90 Å². The van der Waals surface area contributed by atoms with Gasteiger partial charge < -0.3 is 14.5 Å². The molecule has 0 aliphatic carbocycles. The molecule has 2 amide bonds. The topological polar surface area (TPSA) is 75.6 Å².